The van der Waals surface area contributed by atoms with Crippen molar-refractivity contribution in [1.82, 2.24) is 0 Å². The average Bonchev–Trinajstić information content (AvgIpc) is 2.37. The molecule has 1 aromatic carbocycles. The number of rotatable bonds is 6. The number of nitrogens with one attached hydrogen (secondary N) is 1. The fraction of sp³-hybridized carbons (Fsp3) is 0.625. The van der Waals surface area contributed by atoms with Gasteiger partial charge in [-0.05, 0) is 42.0 Å². The number of hydrogen-bond donors (Lipinski definition) is 2. The third-order valence-corrected chi connectivity index (χ3v) is 3.42. The van der Waals surface area contributed by atoms with Crippen LogP contribution < -0.4 is 15.8 Å². The Morgan fingerprint density at radius 2 is 2.00 bits per heavy atom. The lowest BCUT2D eigenvalue weighted by Crippen LogP contribution is -2.16. The molecule has 0 radical (unpaired) electrons. The molecular weight excluding hydrogens is 236 g/mol. The molecule has 3 N–H and O–H groups in total. The van der Waals surface area contributed by atoms with Gasteiger partial charge in [-0.15, -0.1) is 0 Å². The molecule has 0 amide bonds. The van der Waals surface area contributed by atoms with E-state index in [1.165, 1.54) is 5.56 Å². The summed E-state index contributed by atoms with van der Waals surface area (Å²) in [7, 11) is 1.71. The minimum Gasteiger partial charge on any atom is -0.495 e. The zero-order chi connectivity index (χ0) is 14.5. The Bertz CT molecular complexity index is 396. The fourth-order valence-electron chi connectivity index (χ4n) is 1.88. The first kappa shape index (κ1) is 15.8. The number of anilines is 1. The Morgan fingerprint density at radius 3 is 2.53 bits per heavy atom. The average molecular weight is 264 g/mol. The number of ether oxygens (including phenoxy) is 1. The third-order valence-electron chi connectivity index (χ3n) is 3.42. The van der Waals surface area contributed by atoms with Crippen molar-refractivity contribution >= 4 is 5.69 Å². The van der Waals surface area contributed by atoms with Crippen LogP contribution >= 0.6 is 0 Å². The quantitative estimate of drug-likeness (QED) is 0.828. The molecule has 0 aromatic heterocycles. The van der Waals surface area contributed by atoms with Crippen molar-refractivity contribution < 1.29 is 4.74 Å². The summed E-state index contributed by atoms with van der Waals surface area (Å²) in [5.41, 5.74) is 8.16. The number of methoxy groups -OCH3 is 1. The molecule has 3 nitrogen and oxygen atoms in total. The van der Waals surface area contributed by atoms with E-state index < -0.39 is 0 Å². The molecule has 3 heteroatoms. The van der Waals surface area contributed by atoms with Gasteiger partial charge < -0.3 is 15.8 Å². The maximum Gasteiger partial charge on any atom is 0.141 e. The summed E-state index contributed by atoms with van der Waals surface area (Å²) in [6, 6.07) is 6.35. The summed E-state index contributed by atoms with van der Waals surface area (Å²) >= 11 is 0. The largest absolute Gasteiger partial charge is 0.495 e. The Kier molecular flexibility index (Phi) is 5.67. The Hall–Kier alpha value is -1.22. The van der Waals surface area contributed by atoms with Crippen molar-refractivity contribution in [1.29, 1.82) is 0 Å². The van der Waals surface area contributed by atoms with Crippen molar-refractivity contribution in [2.45, 2.75) is 39.5 Å². The molecule has 0 aliphatic heterocycles. The summed E-state index contributed by atoms with van der Waals surface area (Å²) < 4.78 is 5.41. The Balaban J connectivity index is 2.79. The van der Waals surface area contributed by atoms with Crippen molar-refractivity contribution in [2.75, 3.05) is 25.5 Å². The van der Waals surface area contributed by atoms with E-state index in [2.05, 4.69) is 45.1 Å². The van der Waals surface area contributed by atoms with Crippen LogP contribution in [0.5, 0.6) is 5.75 Å². The molecule has 0 saturated carbocycles. The van der Waals surface area contributed by atoms with E-state index in [0.29, 0.717) is 5.92 Å². The standard InChI is InChI=1S/C16H28N2O/c1-12(11-17)8-9-18-14-10-13(16(2,3)4)6-7-15(14)19-5/h6-7,10,12,18H,8-9,11,17H2,1-5H3. The normalized spacial score (nSPS) is 13.2. The van der Waals surface area contributed by atoms with E-state index in [1.54, 1.807) is 7.11 Å². The van der Waals surface area contributed by atoms with Crippen LogP contribution in [0.3, 0.4) is 0 Å². The molecular formula is C16H28N2O. The van der Waals surface area contributed by atoms with Gasteiger partial charge >= 0.3 is 0 Å². The summed E-state index contributed by atoms with van der Waals surface area (Å²) in [5, 5.41) is 3.46. The Labute approximate surface area is 117 Å². The molecule has 0 saturated heterocycles. The molecule has 1 unspecified atom stereocenters. The number of benzene rings is 1. The van der Waals surface area contributed by atoms with Gasteiger partial charge in [0.15, 0.2) is 0 Å². The zero-order valence-electron chi connectivity index (χ0n) is 12.9. The van der Waals surface area contributed by atoms with Gasteiger partial charge in [-0.3, -0.25) is 0 Å². The highest BCUT2D eigenvalue weighted by molar-refractivity contribution is 5.59. The van der Waals surface area contributed by atoms with Crippen molar-refractivity contribution in [3.63, 3.8) is 0 Å². The molecule has 108 valence electrons. The van der Waals surface area contributed by atoms with E-state index >= 15 is 0 Å². The van der Waals surface area contributed by atoms with Crippen LogP contribution in [0, 0.1) is 5.92 Å². The molecule has 0 spiro atoms. The van der Waals surface area contributed by atoms with Gasteiger partial charge in [0.2, 0.25) is 0 Å². The first-order valence-electron chi connectivity index (χ1n) is 7.01. The number of hydrogen-bond acceptors (Lipinski definition) is 3. The number of nitrogens with two attached hydrogens (primary N) is 1. The van der Waals surface area contributed by atoms with Crippen LogP contribution in [0.1, 0.15) is 39.7 Å². The lowest BCUT2D eigenvalue weighted by molar-refractivity contribution is 0.415. The van der Waals surface area contributed by atoms with Crippen molar-refractivity contribution in [2.24, 2.45) is 11.7 Å². The monoisotopic (exact) mass is 264 g/mol. The van der Waals surface area contributed by atoms with Gasteiger partial charge in [-0.1, -0.05) is 33.8 Å². The first-order valence-corrected chi connectivity index (χ1v) is 7.01. The van der Waals surface area contributed by atoms with Gasteiger partial charge in [-0.25, -0.2) is 0 Å². The Morgan fingerprint density at radius 1 is 1.32 bits per heavy atom. The third kappa shape index (κ3) is 4.75. The second-order valence-electron chi connectivity index (χ2n) is 6.22. The van der Waals surface area contributed by atoms with E-state index in [1.807, 2.05) is 6.07 Å². The van der Waals surface area contributed by atoms with E-state index in [9.17, 15) is 0 Å². The van der Waals surface area contributed by atoms with E-state index in [0.717, 1.165) is 30.9 Å². The minimum absolute atomic E-state index is 0.146. The van der Waals surface area contributed by atoms with Gasteiger partial charge in [-0.2, -0.15) is 0 Å². The highest BCUT2D eigenvalue weighted by Crippen LogP contribution is 2.31. The summed E-state index contributed by atoms with van der Waals surface area (Å²) in [4.78, 5) is 0. The van der Waals surface area contributed by atoms with Crippen LogP contribution in [0.25, 0.3) is 0 Å². The van der Waals surface area contributed by atoms with E-state index in [-0.39, 0.29) is 5.41 Å². The van der Waals surface area contributed by atoms with Crippen LogP contribution in [0.15, 0.2) is 18.2 Å². The van der Waals surface area contributed by atoms with Crippen LogP contribution in [-0.4, -0.2) is 20.2 Å². The molecule has 0 aliphatic rings. The van der Waals surface area contributed by atoms with Crippen molar-refractivity contribution in [3.05, 3.63) is 23.8 Å². The predicted molar refractivity (Wildman–Crippen MR) is 83.0 cm³/mol. The molecule has 1 aromatic rings. The van der Waals surface area contributed by atoms with Gasteiger partial charge in [0.1, 0.15) is 5.75 Å². The fourth-order valence-corrected chi connectivity index (χ4v) is 1.88. The maximum atomic E-state index is 5.64. The van der Waals surface area contributed by atoms with Gasteiger partial charge in [0.05, 0.1) is 12.8 Å². The summed E-state index contributed by atoms with van der Waals surface area (Å²) in [6.45, 7) is 10.5. The predicted octanol–water partition coefficient (Wildman–Crippen LogP) is 3.39. The van der Waals surface area contributed by atoms with Crippen LogP contribution in [0.4, 0.5) is 5.69 Å². The maximum absolute atomic E-state index is 5.64. The molecule has 19 heavy (non-hydrogen) atoms. The van der Waals surface area contributed by atoms with Gasteiger partial charge in [0, 0.05) is 6.54 Å². The molecule has 0 bridgehead atoms. The molecule has 1 rings (SSSR count). The lowest BCUT2D eigenvalue weighted by Gasteiger charge is -2.21. The topological polar surface area (TPSA) is 47.3 Å². The summed E-state index contributed by atoms with van der Waals surface area (Å²) in [5.74, 6) is 1.44. The summed E-state index contributed by atoms with van der Waals surface area (Å²) in [6.07, 6.45) is 1.07. The zero-order valence-corrected chi connectivity index (χ0v) is 12.9. The van der Waals surface area contributed by atoms with Crippen molar-refractivity contribution in [3.8, 4) is 5.75 Å². The highest BCUT2D eigenvalue weighted by Gasteiger charge is 2.15. The van der Waals surface area contributed by atoms with Crippen LogP contribution in [0.2, 0.25) is 0 Å². The molecule has 0 heterocycles. The molecule has 1 atom stereocenters. The molecule has 0 fully saturated rings. The minimum atomic E-state index is 0.146. The van der Waals surface area contributed by atoms with Gasteiger partial charge in [0.25, 0.3) is 0 Å². The SMILES string of the molecule is COc1ccc(C(C)(C)C)cc1NCCC(C)CN. The second kappa shape index (κ2) is 6.80. The van der Waals surface area contributed by atoms with E-state index in [4.69, 9.17) is 10.5 Å². The lowest BCUT2D eigenvalue weighted by atomic mass is 9.87. The molecule has 0 aliphatic carbocycles. The highest BCUT2D eigenvalue weighted by atomic mass is 16.5. The second-order valence-corrected chi connectivity index (χ2v) is 6.22. The smallest absolute Gasteiger partial charge is 0.141 e. The van der Waals surface area contributed by atoms with Crippen LogP contribution in [-0.2, 0) is 5.41 Å². The first-order chi connectivity index (χ1) is 8.88.